The van der Waals surface area contributed by atoms with E-state index in [9.17, 15) is 4.79 Å². The molecule has 7 heteroatoms. The molecule has 1 amide bonds. The Balaban J connectivity index is 2.03. The molecule has 19 heavy (non-hydrogen) atoms. The highest BCUT2D eigenvalue weighted by Gasteiger charge is 2.17. The number of nitrogens with two attached hydrogens (primary N) is 1. The monoisotopic (exact) mass is 280 g/mol. The molecule has 0 radical (unpaired) electrons. The van der Waals surface area contributed by atoms with Crippen LogP contribution in [-0.4, -0.2) is 35.1 Å². The summed E-state index contributed by atoms with van der Waals surface area (Å²) in [5.74, 6) is -0.213. The van der Waals surface area contributed by atoms with Gasteiger partial charge in [-0.2, -0.15) is 0 Å². The normalized spacial score (nSPS) is 11.1. The van der Waals surface area contributed by atoms with Gasteiger partial charge in [0.2, 0.25) is 0 Å². The number of thiophene rings is 1. The van der Waals surface area contributed by atoms with Gasteiger partial charge in [-0.15, -0.1) is 11.3 Å². The Bertz CT molecular complexity index is 582. The van der Waals surface area contributed by atoms with Gasteiger partial charge in [0.05, 0.1) is 18.4 Å². The summed E-state index contributed by atoms with van der Waals surface area (Å²) in [7, 11) is 0. The largest absolute Gasteiger partial charge is 0.396 e. The van der Waals surface area contributed by atoms with Gasteiger partial charge in [-0.05, 0) is 13.8 Å². The zero-order valence-corrected chi connectivity index (χ0v) is 11.7. The van der Waals surface area contributed by atoms with E-state index < -0.39 is 0 Å². The standard InChI is InChI=1S/C12H16N4O2S/c1-7(2)18-6-5-15-11(17)10-8(13)9-12(19-10)16-4-3-14-9/h3-4,7H,5-6,13H2,1-2H3,(H,15,17). The summed E-state index contributed by atoms with van der Waals surface area (Å²) in [6, 6.07) is 0. The number of aromatic nitrogens is 2. The topological polar surface area (TPSA) is 90.1 Å². The van der Waals surface area contributed by atoms with Crippen LogP contribution in [0.2, 0.25) is 0 Å². The second-order valence-electron chi connectivity index (χ2n) is 4.23. The maximum Gasteiger partial charge on any atom is 0.263 e. The van der Waals surface area contributed by atoms with Crippen molar-refractivity contribution in [3.05, 3.63) is 17.3 Å². The van der Waals surface area contributed by atoms with E-state index in [1.807, 2.05) is 13.8 Å². The summed E-state index contributed by atoms with van der Waals surface area (Å²) in [4.78, 5) is 21.4. The highest BCUT2D eigenvalue weighted by molar-refractivity contribution is 7.21. The maximum absolute atomic E-state index is 12.0. The van der Waals surface area contributed by atoms with E-state index >= 15 is 0 Å². The minimum Gasteiger partial charge on any atom is -0.396 e. The molecule has 2 heterocycles. The first-order chi connectivity index (χ1) is 9.09. The Labute approximate surface area is 115 Å². The number of nitrogens with one attached hydrogen (secondary N) is 1. The van der Waals surface area contributed by atoms with Gasteiger partial charge in [0.1, 0.15) is 15.2 Å². The molecule has 0 bridgehead atoms. The molecule has 102 valence electrons. The molecule has 0 aliphatic rings. The van der Waals surface area contributed by atoms with E-state index in [0.29, 0.717) is 34.1 Å². The Morgan fingerprint density at radius 1 is 1.47 bits per heavy atom. The number of hydrogen-bond acceptors (Lipinski definition) is 6. The summed E-state index contributed by atoms with van der Waals surface area (Å²) in [5, 5.41) is 2.77. The number of carbonyl (C=O) groups is 1. The molecular weight excluding hydrogens is 264 g/mol. The lowest BCUT2D eigenvalue weighted by Gasteiger charge is -2.08. The van der Waals surface area contributed by atoms with Crippen LogP contribution in [0.3, 0.4) is 0 Å². The van der Waals surface area contributed by atoms with Gasteiger partial charge in [-0.3, -0.25) is 4.79 Å². The number of ether oxygens (including phenoxy) is 1. The summed E-state index contributed by atoms with van der Waals surface area (Å²) in [6.45, 7) is 4.82. The van der Waals surface area contributed by atoms with Crippen LogP contribution in [0.25, 0.3) is 10.3 Å². The van der Waals surface area contributed by atoms with Crippen molar-refractivity contribution in [2.24, 2.45) is 0 Å². The van der Waals surface area contributed by atoms with Gasteiger partial charge in [0.25, 0.3) is 5.91 Å². The Morgan fingerprint density at radius 2 is 2.21 bits per heavy atom. The number of fused-ring (bicyclic) bond motifs is 1. The highest BCUT2D eigenvalue weighted by Crippen LogP contribution is 2.30. The van der Waals surface area contributed by atoms with Gasteiger partial charge in [-0.25, -0.2) is 9.97 Å². The molecule has 2 rings (SSSR count). The zero-order chi connectivity index (χ0) is 13.8. The second kappa shape index (κ2) is 5.94. The fourth-order valence-corrected chi connectivity index (χ4v) is 2.49. The van der Waals surface area contributed by atoms with Gasteiger partial charge >= 0.3 is 0 Å². The average Bonchev–Trinajstić information content (AvgIpc) is 2.72. The van der Waals surface area contributed by atoms with Crippen LogP contribution in [0.5, 0.6) is 0 Å². The number of nitrogen functional groups attached to an aromatic ring is 1. The van der Waals surface area contributed by atoms with E-state index in [1.165, 1.54) is 11.3 Å². The Morgan fingerprint density at radius 3 is 2.89 bits per heavy atom. The summed E-state index contributed by atoms with van der Waals surface area (Å²) in [6.07, 6.45) is 3.29. The third-order valence-electron chi connectivity index (χ3n) is 2.41. The van der Waals surface area contributed by atoms with Crippen LogP contribution in [0, 0.1) is 0 Å². The molecule has 2 aromatic rings. The lowest BCUT2D eigenvalue weighted by atomic mass is 10.3. The molecule has 0 atom stereocenters. The summed E-state index contributed by atoms with van der Waals surface area (Å²) < 4.78 is 5.35. The van der Waals surface area contributed by atoms with Gasteiger partial charge in [0.15, 0.2) is 0 Å². The molecule has 6 nitrogen and oxygen atoms in total. The number of hydrogen-bond donors (Lipinski definition) is 2. The predicted octanol–water partition coefficient (Wildman–Crippen LogP) is 1.43. The van der Waals surface area contributed by atoms with Crippen molar-refractivity contribution in [1.82, 2.24) is 15.3 Å². The Hall–Kier alpha value is -1.73. The smallest absolute Gasteiger partial charge is 0.263 e. The van der Waals surface area contributed by atoms with Crippen molar-refractivity contribution in [1.29, 1.82) is 0 Å². The van der Waals surface area contributed by atoms with Crippen molar-refractivity contribution >= 4 is 33.3 Å². The summed E-state index contributed by atoms with van der Waals surface area (Å²) >= 11 is 1.24. The SMILES string of the molecule is CC(C)OCCNC(=O)c1sc2nccnc2c1N. The minimum atomic E-state index is -0.213. The van der Waals surface area contributed by atoms with E-state index in [2.05, 4.69) is 15.3 Å². The molecule has 0 aromatic carbocycles. The summed E-state index contributed by atoms with van der Waals surface area (Å²) in [5.41, 5.74) is 6.87. The molecular formula is C12H16N4O2S. The minimum absolute atomic E-state index is 0.152. The first-order valence-corrected chi connectivity index (χ1v) is 6.80. The van der Waals surface area contributed by atoms with Crippen molar-refractivity contribution in [2.45, 2.75) is 20.0 Å². The predicted molar refractivity (Wildman–Crippen MR) is 75.2 cm³/mol. The number of amides is 1. The lowest BCUT2D eigenvalue weighted by molar-refractivity contribution is 0.0748. The molecule has 0 unspecified atom stereocenters. The third-order valence-corrected chi connectivity index (χ3v) is 3.51. The van der Waals surface area contributed by atoms with E-state index in [0.717, 1.165) is 0 Å². The molecule has 2 aromatic heterocycles. The number of carbonyl (C=O) groups excluding carboxylic acids is 1. The van der Waals surface area contributed by atoms with Crippen LogP contribution in [0.15, 0.2) is 12.4 Å². The van der Waals surface area contributed by atoms with E-state index in [-0.39, 0.29) is 12.0 Å². The van der Waals surface area contributed by atoms with Gasteiger partial charge < -0.3 is 15.8 Å². The quantitative estimate of drug-likeness (QED) is 0.809. The first-order valence-electron chi connectivity index (χ1n) is 5.98. The lowest BCUT2D eigenvalue weighted by Crippen LogP contribution is -2.27. The zero-order valence-electron chi connectivity index (χ0n) is 10.8. The third kappa shape index (κ3) is 3.18. The number of anilines is 1. The first kappa shape index (κ1) is 13.7. The van der Waals surface area contributed by atoms with Crippen LogP contribution >= 0.6 is 11.3 Å². The molecule has 0 saturated heterocycles. The highest BCUT2D eigenvalue weighted by atomic mass is 32.1. The molecule has 3 N–H and O–H groups in total. The fraction of sp³-hybridized carbons (Fsp3) is 0.417. The van der Waals surface area contributed by atoms with E-state index in [4.69, 9.17) is 10.5 Å². The molecule has 0 fully saturated rings. The van der Waals surface area contributed by atoms with Crippen LogP contribution in [0.1, 0.15) is 23.5 Å². The maximum atomic E-state index is 12.0. The van der Waals surface area contributed by atoms with Gasteiger partial charge in [-0.1, -0.05) is 0 Å². The number of rotatable bonds is 5. The second-order valence-corrected chi connectivity index (χ2v) is 5.23. The molecule has 0 spiro atoms. The van der Waals surface area contributed by atoms with Crippen molar-refractivity contribution in [3.8, 4) is 0 Å². The van der Waals surface area contributed by atoms with Crippen molar-refractivity contribution in [3.63, 3.8) is 0 Å². The van der Waals surface area contributed by atoms with Crippen molar-refractivity contribution in [2.75, 3.05) is 18.9 Å². The molecule has 0 aliphatic carbocycles. The average molecular weight is 280 g/mol. The van der Waals surface area contributed by atoms with E-state index in [1.54, 1.807) is 12.4 Å². The van der Waals surface area contributed by atoms with Crippen LogP contribution < -0.4 is 11.1 Å². The van der Waals surface area contributed by atoms with Crippen molar-refractivity contribution < 1.29 is 9.53 Å². The number of nitrogens with zero attached hydrogens (tertiary/aromatic N) is 2. The van der Waals surface area contributed by atoms with Crippen LogP contribution in [-0.2, 0) is 4.74 Å². The van der Waals surface area contributed by atoms with Gasteiger partial charge in [0, 0.05) is 18.9 Å². The van der Waals surface area contributed by atoms with Crippen LogP contribution in [0.4, 0.5) is 5.69 Å². The molecule has 0 saturated carbocycles. The molecule has 0 aliphatic heterocycles. The fourth-order valence-electron chi connectivity index (χ4n) is 1.55. The Kier molecular flexibility index (Phi) is 4.28.